The molecule has 2 fully saturated rings. The molecule has 3 amide bonds. The zero-order valence-corrected chi connectivity index (χ0v) is 24.3. The fourth-order valence-electron chi connectivity index (χ4n) is 4.03. The Labute approximate surface area is 236 Å². The van der Waals surface area contributed by atoms with E-state index >= 15 is 0 Å². The summed E-state index contributed by atoms with van der Waals surface area (Å²) in [5.41, 5.74) is -1.06. The van der Waals surface area contributed by atoms with Gasteiger partial charge >= 0.3 is 12.2 Å². The van der Waals surface area contributed by atoms with Gasteiger partial charge in [-0.25, -0.2) is 24.6 Å². The monoisotopic (exact) mass is 555 g/mol. The van der Waals surface area contributed by atoms with Crippen molar-refractivity contribution in [2.45, 2.75) is 65.6 Å². The number of carbonyl (C=O) groups excluding carboxylic acids is 3. The first-order valence-corrected chi connectivity index (χ1v) is 13.5. The minimum Gasteiger partial charge on any atom is -0.444 e. The van der Waals surface area contributed by atoms with E-state index in [0.717, 1.165) is 37.6 Å². The van der Waals surface area contributed by atoms with Crippen LogP contribution in [-0.2, 0) is 14.3 Å². The summed E-state index contributed by atoms with van der Waals surface area (Å²) in [6, 6.07) is 11.2. The quantitative estimate of drug-likeness (QED) is 0.597. The minimum absolute atomic E-state index is 0.0990. The number of amides is 3. The van der Waals surface area contributed by atoms with E-state index < -0.39 is 17.3 Å². The first kappa shape index (κ1) is 30.5. The van der Waals surface area contributed by atoms with Gasteiger partial charge in [0.25, 0.3) is 5.91 Å². The summed E-state index contributed by atoms with van der Waals surface area (Å²) >= 11 is 0. The number of ether oxygens (including phenoxy) is 2. The van der Waals surface area contributed by atoms with Crippen LogP contribution in [0.15, 0.2) is 48.8 Å². The Morgan fingerprint density at radius 2 is 1.25 bits per heavy atom. The topological polar surface area (TPSA) is 120 Å². The number of aromatic nitrogens is 2. The first-order valence-electron chi connectivity index (χ1n) is 13.5. The molecule has 0 radical (unpaired) electrons. The fourth-order valence-corrected chi connectivity index (χ4v) is 4.03. The molecule has 2 saturated heterocycles. The molecule has 4 heterocycles. The highest BCUT2D eigenvalue weighted by Gasteiger charge is 2.31. The van der Waals surface area contributed by atoms with Crippen LogP contribution >= 0.6 is 0 Å². The largest absolute Gasteiger partial charge is 0.444 e. The number of hydrogen-bond donors (Lipinski definition) is 1. The van der Waals surface area contributed by atoms with E-state index in [4.69, 9.17) is 9.47 Å². The van der Waals surface area contributed by atoms with E-state index in [0.29, 0.717) is 13.1 Å². The van der Waals surface area contributed by atoms with E-state index in [2.05, 4.69) is 15.3 Å². The van der Waals surface area contributed by atoms with Crippen LogP contribution in [0.2, 0.25) is 0 Å². The SMILES string of the molecule is CC(C)(C)OC(=O)N1CCCN1c1ccccn1.CC(C)(C)OC(=O)NCC(=O)N1CCCN1c1ccccn1. The molecule has 0 spiro atoms. The molecule has 2 aliphatic rings. The molecule has 218 valence electrons. The average molecular weight is 556 g/mol. The summed E-state index contributed by atoms with van der Waals surface area (Å²) in [6.07, 6.45) is 4.30. The molecular weight excluding hydrogens is 514 g/mol. The lowest BCUT2D eigenvalue weighted by Gasteiger charge is -2.30. The number of nitrogens with one attached hydrogen (secondary N) is 1. The molecule has 0 aromatic carbocycles. The molecule has 0 saturated carbocycles. The second kappa shape index (κ2) is 13.3. The van der Waals surface area contributed by atoms with Crippen molar-refractivity contribution in [3.63, 3.8) is 0 Å². The molecule has 12 nitrogen and oxygen atoms in total. The molecule has 0 aliphatic carbocycles. The molecule has 0 atom stereocenters. The Morgan fingerprint density at radius 1 is 0.750 bits per heavy atom. The Morgan fingerprint density at radius 3 is 1.73 bits per heavy atom. The Balaban J connectivity index is 0.000000225. The van der Waals surface area contributed by atoms with Gasteiger partial charge in [0.2, 0.25) is 0 Å². The standard InChI is InChI=1S/C15H22N4O3.C13H19N3O2/c1-15(2,3)22-14(21)17-11-13(20)19-10-6-9-18(19)12-7-4-5-8-16-12;1-13(2,3)18-12(17)16-10-6-9-15(16)11-7-4-5-8-14-11/h4-5,7-8H,6,9-11H2,1-3H3,(H,17,21);4-5,7-8H,6,9-10H2,1-3H3. The van der Waals surface area contributed by atoms with Crippen molar-refractivity contribution in [3.8, 4) is 0 Å². The smallest absolute Gasteiger partial charge is 0.429 e. The van der Waals surface area contributed by atoms with E-state index in [9.17, 15) is 14.4 Å². The number of carbonyl (C=O) groups is 3. The fraction of sp³-hybridized carbons (Fsp3) is 0.536. The van der Waals surface area contributed by atoms with Crippen molar-refractivity contribution in [1.82, 2.24) is 25.3 Å². The summed E-state index contributed by atoms with van der Waals surface area (Å²) in [5, 5.41) is 9.42. The van der Waals surface area contributed by atoms with Crippen LogP contribution in [-0.4, -0.2) is 82.0 Å². The molecule has 0 bridgehead atoms. The van der Waals surface area contributed by atoms with Crippen LogP contribution in [0.5, 0.6) is 0 Å². The van der Waals surface area contributed by atoms with Crippen LogP contribution in [0.3, 0.4) is 0 Å². The van der Waals surface area contributed by atoms with Crippen molar-refractivity contribution >= 4 is 29.7 Å². The third-order valence-electron chi connectivity index (χ3n) is 5.56. The number of nitrogens with zero attached hydrogens (tertiary/aromatic N) is 6. The second-order valence-electron chi connectivity index (χ2n) is 11.3. The second-order valence-corrected chi connectivity index (χ2v) is 11.3. The molecule has 12 heteroatoms. The predicted octanol–water partition coefficient (Wildman–Crippen LogP) is 4.00. The minimum atomic E-state index is -0.593. The Hall–Kier alpha value is -4.09. The molecule has 40 heavy (non-hydrogen) atoms. The number of hydrazine groups is 2. The summed E-state index contributed by atoms with van der Waals surface area (Å²) in [7, 11) is 0. The highest BCUT2D eigenvalue weighted by molar-refractivity contribution is 5.83. The molecule has 2 aliphatic heterocycles. The molecule has 2 aromatic heterocycles. The molecule has 0 unspecified atom stereocenters. The van der Waals surface area contributed by atoms with Gasteiger partial charge in [0, 0.05) is 38.6 Å². The zero-order chi connectivity index (χ0) is 29.3. The van der Waals surface area contributed by atoms with Gasteiger partial charge in [-0.05, 0) is 78.6 Å². The average Bonchev–Trinajstić information content (AvgIpc) is 3.57. The molecular formula is C28H41N7O5. The summed E-state index contributed by atoms with van der Waals surface area (Å²) in [6.45, 7) is 13.6. The van der Waals surface area contributed by atoms with Crippen molar-refractivity contribution in [1.29, 1.82) is 0 Å². The van der Waals surface area contributed by atoms with Gasteiger partial charge in [-0.3, -0.25) is 19.8 Å². The number of rotatable bonds is 4. The van der Waals surface area contributed by atoms with E-state index in [1.54, 1.807) is 43.2 Å². The van der Waals surface area contributed by atoms with Crippen molar-refractivity contribution in [2.24, 2.45) is 0 Å². The van der Waals surface area contributed by atoms with E-state index in [1.165, 1.54) is 0 Å². The molecule has 2 aromatic rings. The maximum Gasteiger partial charge on any atom is 0.429 e. The van der Waals surface area contributed by atoms with Gasteiger partial charge in [-0.1, -0.05) is 12.1 Å². The Bertz CT molecular complexity index is 1120. The maximum atomic E-state index is 12.3. The normalized spacial score (nSPS) is 15.3. The lowest BCUT2D eigenvalue weighted by molar-refractivity contribution is -0.129. The van der Waals surface area contributed by atoms with Gasteiger partial charge in [-0.2, -0.15) is 0 Å². The zero-order valence-electron chi connectivity index (χ0n) is 24.3. The molecule has 4 rings (SSSR count). The van der Waals surface area contributed by atoms with Crippen LogP contribution in [0.25, 0.3) is 0 Å². The van der Waals surface area contributed by atoms with Crippen LogP contribution < -0.4 is 15.3 Å². The molecule has 1 N–H and O–H groups in total. The third kappa shape index (κ3) is 9.28. The highest BCUT2D eigenvalue weighted by Crippen LogP contribution is 2.22. The predicted molar refractivity (Wildman–Crippen MR) is 151 cm³/mol. The third-order valence-corrected chi connectivity index (χ3v) is 5.56. The lowest BCUT2D eigenvalue weighted by atomic mass is 10.2. The number of alkyl carbamates (subject to hydrolysis) is 1. The van der Waals surface area contributed by atoms with Crippen molar-refractivity contribution in [3.05, 3.63) is 48.8 Å². The first-order chi connectivity index (χ1) is 18.8. The Kier molecular flexibility index (Phi) is 10.1. The van der Waals surface area contributed by atoms with Gasteiger partial charge in [0.05, 0.1) is 0 Å². The summed E-state index contributed by atoms with van der Waals surface area (Å²) < 4.78 is 10.5. The lowest BCUT2D eigenvalue weighted by Crippen LogP contribution is -2.47. The van der Waals surface area contributed by atoms with Gasteiger partial charge in [-0.15, -0.1) is 0 Å². The van der Waals surface area contributed by atoms with Gasteiger partial charge < -0.3 is 14.8 Å². The summed E-state index contributed by atoms with van der Waals surface area (Å²) in [5.74, 6) is 1.32. The number of pyridine rings is 2. The van der Waals surface area contributed by atoms with Crippen LogP contribution in [0.1, 0.15) is 54.4 Å². The maximum absolute atomic E-state index is 12.3. The van der Waals surface area contributed by atoms with Gasteiger partial charge in [0.1, 0.15) is 29.4 Å². The highest BCUT2D eigenvalue weighted by atomic mass is 16.6. The van der Waals surface area contributed by atoms with Crippen molar-refractivity contribution < 1.29 is 23.9 Å². The van der Waals surface area contributed by atoms with Crippen LogP contribution in [0.4, 0.5) is 21.2 Å². The van der Waals surface area contributed by atoms with Crippen LogP contribution in [0, 0.1) is 0 Å². The number of hydrogen-bond acceptors (Lipinski definition) is 9. The van der Waals surface area contributed by atoms with E-state index in [1.807, 2.05) is 67.2 Å². The number of anilines is 2. The van der Waals surface area contributed by atoms with Gasteiger partial charge in [0.15, 0.2) is 0 Å². The van der Waals surface area contributed by atoms with E-state index in [-0.39, 0.29) is 18.5 Å². The van der Waals surface area contributed by atoms with Crippen molar-refractivity contribution in [2.75, 3.05) is 42.7 Å². The summed E-state index contributed by atoms with van der Waals surface area (Å²) in [4.78, 5) is 44.5.